The standard InChI is InChI=1S/C16H18N4O2S/c1-20-8-10(7-18-20)11-6-12(11)16(22)19-13-4-2-3-5-14(13)23-9-15(17)21/h2-5,7-8,11-12H,6,9H2,1H3,(H2,17,21)(H,19,22)/t11-,12+/m1/s1. The van der Waals surface area contributed by atoms with Crippen LogP contribution in [-0.4, -0.2) is 27.3 Å². The molecule has 1 aromatic heterocycles. The van der Waals surface area contributed by atoms with Gasteiger partial charge in [-0.1, -0.05) is 12.1 Å². The van der Waals surface area contributed by atoms with Crippen LogP contribution < -0.4 is 11.1 Å². The van der Waals surface area contributed by atoms with Crippen LogP contribution in [0.2, 0.25) is 0 Å². The van der Waals surface area contributed by atoms with E-state index in [1.165, 1.54) is 11.8 Å². The molecule has 2 amide bonds. The quantitative estimate of drug-likeness (QED) is 0.790. The Labute approximate surface area is 138 Å². The van der Waals surface area contributed by atoms with Crippen molar-refractivity contribution in [3.05, 3.63) is 42.2 Å². The van der Waals surface area contributed by atoms with Crippen LogP contribution in [0.4, 0.5) is 5.69 Å². The number of carbonyl (C=O) groups is 2. The normalized spacial score (nSPS) is 19.3. The summed E-state index contributed by atoms with van der Waals surface area (Å²) in [5, 5.41) is 7.11. The van der Waals surface area contributed by atoms with Crippen molar-refractivity contribution in [1.29, 1.82) is 0 Å². The van der Waals surface area contributed by atoms with Crippen LogP contribution in [0.25, 0.3) is 0 Å². The number of para-hydroxylation sites is 1. The van der Waals surface area contributed by atoms with Gasteiger partial charge in [0.05, 0.1) is 17.6 Å². The van der Waals surface area contributed by atoms with Gasteiger partial charge in [-0.15, -0.1) is 11.8 Å². The lowest BCUT2D eigenvalue weighted by molar-refractivity contribution is -0.117. The molecule has 0 radical (unpaired) electrons. The van der Waals surface area contributed by atoms with E-state index in [4.69, 9.17) is 5.73 Å². The molecule has 2 atom stereocenters. The number of hydrogen-bond donors (Lipinski definition) is 2. The smallest absolute Gasteiger partial charge is 0.228 e. The molecule has 0 saturated heterocycles. The van der Waals surface area contributed by atoms with Gasteiger partial charge in [0.2, 0.25) is 11.8 Å². The summed E-state index contributed by atoms with van der Waals surface area (Å²) in [4.78, 5) is 24.2. The van der Waals surface area contributed by atoms with E-state index >= 15 is 0 Å². The number of amides is 2. The van der Waals surface area contributed by atoms with Gasteiger partial charge in [-0.25, -0.2) is 0 Å². The zero-order valence-electron chi connectivity index (χ0n) is 12.7. The molecule has 0 aliphatic heterocycles. The molecular formula is C16H18N4O2S. The number of benzene rings is 1. The van der Waals surface area contributed by atoms with Gasteiger partial charge in [0.15, 0.2) is 0 Å². The fraction of sp³-hybridized carbons (Fsp3) is 0.312. The van der Waals surface area contributed by atoms with Gasteiger partial charge in [-0.2, -0.15) is 5.10 Å². The topological polar surface area (TPSA) is 90.0 Å². The Morgan fingerprint density at radius 2 is 2.22 bits per heavy atom. The number of nitrogens with one attached hydrogen (secondary N) is 1. The molecule has 1 saturated carbocycles. The highest BCUT2D eigenvalue weighted by Gasteiger charge is 2.44. The Balaban J connectivity index is 1.64. The van der Waals surface area contributed by atoms with E-state index in [1.807, 2.05) is 43.7 Å². The van der Waals surface area contributed by atoms with Crippen molar-refractivity contribution < 1.29 is 9.59 Å². The maximum absolute atomic E-state index is 12.4. The predicted octanol–water partition coefficient (Wildman–Crippen LogP) is 1.74. The Kier molecular flexibility index (Phi) is 4.38. The Morgan fingerprint density at radius 3 is 2.91 bits per heavy atom. The molecule has 0 unspecified atom stereocenters. The molecule has 0 bridgehead atoms. The van der Waals surface area contributed by atoms with E-state index in [9.17, 15) is 9.59 Å². The maximum Gasteiger partial charge on any atom is 0.228 e. The van der Waals surface area contributed by atoms with Gasteiger partial charge < -0.3 is 11.1 Å². The Bertz CT molecular complexity index is 743. The van der Waals surface area contributed by atoms with E-state index in [0.29, 0.717) is 0 Å². The van der Waals surface area contributed by atoms with E-state index in [2.05, 4.69) is 10.4 Å². The minimum Gasteiger partial charge on any atom is -0.369 e. The maximum atomic E-state index is 12.4. The van der Waals surface area contributed by atoms with Crippen molar-refractivity contribution in [2.75, 3.05) is 11.1 Å². The average Bonchev–Trinajstić information content (AvgIpc) is 3.21. The summed E-state index contributed by atoms with van der Waals surface area (Å²) in [5.41, 5.74) is 7.00. The van der Waals surface area contributed by atoms with Gasteiger partial charge in [0.1, 0.15) is 0 Å². The van der Waals surface area contributed by atoms with Crippen molar-refractivity contribution in [3.63, 3.8) is 0 Å². The Morgan fingerprint density at radius 1 is 1.43 bits per heavy atom. The largest absolute Gasteiger partial charge is 0.369 e. The third-order valence-electron chi connectivity index (χ3n) is 3.80. The number of nitrogens with zero attached hydrogens (tertiary/aromatic N) is 2. The van der Waals surface area contributed by atoms with E-state index in [1.54, 1.807) is 4.68 Å². The van der Waals surface area contributed by atoms with Crippen LogP contribution >= 0.6 is 11.8 Å². The highest BCUT2D eigenvalue weighted by atomic mass is 32.2. The minimum atomic E-state index is -0.380. The van der Waals surface area contributed by atoms with Gasteiger partial charge in [-0.3, -0.25) is 14.3 Å². The first-order chi connectivity index (χ1) is 11.0. The first kappa shape index (κ1) is 15.6. The molecule has 1 aromatic carbocycles. The summed E-state index contributed by atoms with van der Waals surface area (Å²) in [6, 6.07) is 7.43. The molecule has 0 spiro atoms. The first-order valence-corrected chi connectivity index (χ1v) is 8.32. The van der Waals surface area contributed by atoms with Crippen LogP contribution in [-0.2, 0) is 16.6 Å². The minimum absolute atomic E-state index is 0.00554. The van der Waals surface area contributed by atoms with Gasteiger partial charge in [-0.05, 0) is 30.0 Å². The predicted molar refractivity (Wildman–Crippen MR) is 89.0 cm³/mol. The number of thioether (sulfide) groups is 1. The number of primary amides is 1. The lowest BCUT2D eigenvalue weighted by Crippen LogP contribution is -2.16. The summed E-state index contributed by atoms with van der Waals surface area (Å²) < 4.78 is 1.75. The number of carbonyl (C=O) groups excluding carboxylic acids is 2. The Hall–Kier alpha value is -2.28. The second kappa shape index (κ2) is 6.45. The molecule has 3 N–H and O–H groups in total. The number of aryl methyl sites for hydroxylation is 1. The number of rotatable bonds is 6. The average molecular weight is 330 g/mol. The van der Waals surface area contributed by atoms with E-state index < -0.39 is 0 Å². The highest BCUT2D eigenvalue weighted by molar-refractivity contribution is 8.00. The lowest BCUT2D eigenvalue weighted by atomic mass is 10.2. The second-order valence-electron chi connectivity index (χ2n) is 5.64. The molecule has 1 fully saturated rings. The van der Waals surface area contributed by atoms with Crippen LogP contribution in [0.15, 0.2) is 41.6 Å². The first-order valence-electron chi connectivity index (χ1n) is 7.34. The molecule has 1 heterocycles. The number of aromatic nitrogens is 2. The van der Waals surface area contributed by atoms with Crippen LogP contribution in [0.3, 0.4) is 0 Å². The molecule has 1 aliphatic carbocycles. The number of hydrogen-bond acceptors (Lipinski definition) is 4. The summed E-state index contributed by atoms with van der Waals surface area (Å²) in [5.74, 6) is 0.0395. The number of anilines is 1. The molecule has 7 heteroatoms. The summed E-state index contributed by atoms with van der Waals surface area (Å²) in [6.07, 6.45) is 4.61. The van der Waals surface area contributed by atoms with Gasteiger partial charge in [0.25, 0.3) is 0 Å². The van der Waals surface area contributed by atoms with E-state index in [-0.39, 0.29) is 29.4 Å². The van der Waals surface area contributed by atoms with E-state index in [0.717, 1.165) is 22.6 Å². The zero-order chi connectivity index (χ0) is 16.4. The van der Waals surface area contributed by atoms with Crippen molar-refractivity contribution in [2.24, 2.45) is 18.7 Å². The SMILES string of the molecule is Cn1cc([C@H]2C[C@@H]2C(=O)Nc2ccccc2SCC(N)=O)cn1. The van der Waals surface area contributed by atoms with Gasteiger partial charge in [0, 0.05) is 24.1 Å². The molecule has 23 heavy (non-hydrogen) atoms. The summed E-state index contributed by atoms with van der Waals surface area (Å²) in [7, 11) is 1.87. The number of nitrogens with two attached hydrogens (primary N) is 1. The molecule has 6 nitrogen and oxygen atoms in total. The molecule has 2 aromatic rings. The van der Waals surface area contributed by atoms with Crippen molar-refractivity contribution in [1.82, 2.24) is 9.78 Å². The third-order valence-corrected chi connectivity index (χ3v) is 4.89. The molecule has 120 valence electrons. The van der Waals surface area contributed by atoms with Crippen LogP contribution in [0.5, 0.6) is 0 Å². The van der Waals surface area contributed by atoms with Crippen LogP contribution in [0.1, 0.15) is 17.9 Å². The molecular weight excluding hydrogens is 312 g/mol. The second-order valence-corrected chi connectivity index (χ2v) is 6.65. The summed E-state index contributed by atoms with van der Waals surface area (Å²) >= 11 is 1.33. The van der Waals surface area contributed by atoms with Crippen molar-refractivity contribution in [3.8, 4) is 0 Å². The van der Waals surface area contributed by atoms with Crippen molar-refractivity contribution >= 4 is 29.3 Å². The fourth-order valence-electron chi connectivity index (χ4n) is 2.55. The molecule has 1 aliphatic rings. The monoisotopic (exact) mass is 330 g/mol. The highest BCUT2D eigenvalue weighted by Crippen LogP contribution is 2.48. The zero-order valence-corrected chi connectivity index (χ0v) is 13.5. The summed E-state index contributed by atoms with van der Waals surface area (Å²) in [6.45, 7) is 0. The fourth-order valence-corrected chi connectivity index (χ4v) is 3.30. The van der Waals surface area contributed by atoms with Crippen LogP contribution in [0, 0.1) is 5.92 Å². The van der Waals surface area contributed by atoms with Crippen molar-refractivity contribution in [2.45, 2.75) is 17.2 Å². The lowest BCUT2D eigenvalue weighted by Gasteiger charge is -2.10. The molecule has 3 rings (SSSR count). The van der Waals surface area contributed by atoms with Gasteiger partial charge >= 0.3 is 0 Å². The third kappa shape index (κ3) is 3.73.